The molecule has 26 heavy (non-hydrogen) atoms. The molecule has 0 aliphatic carbocycles. The van der Waals surface area contributed by atoms with Gasteiger partial charge in [0.15, 0.2) is 0 Å². The van der Waals surface area contributed by atoms with Crippen LogP contribution < -0.4 is 0 Å². The average molecular weight is 399 g/mol. The van der Waals surface area contributed by atoms with Crippen molar-refractivity contribution in [1.29, 1.82) is 0 Å². The minimum atomic E-state index is -4.29. The first-order chi connectivity index (χ1) is 12.0. The number of aromatic hydroxyl groups is 1. The first-order valence-corrected chi connectivity index (χ1v) is 11.3. The standard InChI is InChI=1S/C18H26NO5PS/c1-11(2)14-7-13(8-15(12(3)4)17(14)20)9-16-18(21)19(5-6-26-16)10-25(22,23)24/h7-9,11-12,20H,5-6,10H2,1-4H3,(H2,22,23,24). The molecule has 0 unspecified atom stereocenters. The van der Waals surface area contributed by atoms with Gasteiger partial charge in [-0.15, -0.1) is 11.8 Å². The summed E-state index contributed by atoms with van der Waals surface area (Å²) in [5.41, 5.74) is 2.45. The molecule has 6 nitrogen and oxygen atoms in total. The Morgan fingerprint density at radius 1 is 1.19 bits per heavy atom. The number of hydrogen-bond donors (Lipinski definition) is 3. The smallest absolute Gasteiger partial charge is 0.344 e. The molecular formula is C18H26NO5PS. The molecule has 2 rings (SSSR count). The van der Waals surface area contributed by atoms with Gasteiger partial charge in [-0.25, -0.2) is 0 Å². The van der Waals surface area contributed by atoms with Crippen LogP contribution in [-0.2, 0) is 9.36 Å². The molecular weight excluding hydrogens is 373 g/mol. The van der Waals surface area contributed by atoms with Gasteiger partial charge in [-0.2, -0.15) is 0 Å². The lowest BCUT2D eigenvalue weighted by atomic mass is 9.91. The number of nitrogens with zero attached hydrogens (tertiary/aromatic N) is 1. The van der Waals surface area contributed by atoms with Gasteiger partial charge in [0.05, 0.1) is 4.91 Å². The van der Waals surface area contributed by atoms with Crippen molar-refractivity contribution in [3.63, 3.8) is 0 Å². The summed E-state index contributed by atoms with van der Waals surface area (Å²) >= 11 is 1.38. The van der Waals surface area contributed by atoms with E-state index in [-0.39, 0.29) is 17.7 Å². The quantitative estimate of drug-likeness (QED) is 0.516. The molecule has 1 aliphatic rings. The van der Waals surface area contributed by atoms with E-state index in [4.69, 9.17) is 9.79 Å². The summed E-state index contributed by atoms with van der Waals surface area (Å²) < 4.78 is 11.2. The zero-order chi connectivity index (χ0) is 19.6. The molecule has 0 bridgehead atoms. The lowest BCUT2D eigenvalue weighted by molar-refractivity contribution is -0.125. The van der Waals surface area contributed by atoms with Crippen molar-refractivity contribution in [2.24, 2.45) is 0 Å². The minimum Gasteiger partial charge on any atom is -0.507 e. The van der Waals surface area contributed by atoms with E-state index in [1.807, 2.05) is 39.8 Å². The van der Waals surface area contributed by atoms with Gasteiger partial charge in [-0.1, -0.05) is 27.7 Å². The highest BCUT2D eigenvalue weighted by Crippen LogP contribution is 2.39. The maximum absolute atomic E-state index is 12.6. The van der Waals surface area contributed by atoms with Crippen LogP contribution in [0, 0.1) is 0 Å². The van der Waals surface area contributed by atoms with Crippen LogP contribution in [0.2, 0.25) is 0 Å². The second-order valence-corrected chi connectivity index (χ2v) is 9.84. The molecule has 0 saturated carbocycles. The number of benzene rings is 1. The van der Waals surface area contributed by atoms with Crippen LogP contribution >= 0.6 is 19.4 Å². The molecule has 3 N–H and O–H groups in total. The summed E-state index contributed by atoms with van der Waals surface area (Å²) in [7, 11) is -4.29. The fourth-order valence-corrected chi connectivity index (χ4v) is 4.58. The van der Waals surface area contributed by atoms with Gasteiger partial charge >= 0.3 is 7.60 Å². The summed E-state index contributed by atoms with van der Waals surface area (Å²) in [5, 5.41) is 10.5. The Kier molecular flexibility index (Phi) is 6.61. The second kappa shape index (κ2) is 8.17. The van der Waals surface area contributed by atoms with Crippen LogP contribution in [0.4, 0.5) is 0 Å². The normalized spacial score (nSPS) is 17.6. The maximum atomic E-state index is 12.6. The number of phenolic OH excluding ortho intramolecular Hbond substituents is 1. The zero-order valence-corrected chi connectivity index (χ0v) is 17.2. The van der Waals surface area contributed by atoms with Crippen molar-refractivity contribution in [2.45, 2.75) is 39.5 Å². The van der Waals surface area contributed by atoms with Gasteiger partial charge in [0, 0.05) is 12.3 Å². The Bertz CT molecular complexity index is 740. The molecule has 8 heteroatoms. The molecule has 1 saturated heterocycles. The minimum absolute atomic E-state index is 0.131. The topological polar surface area (TPSA) is 98.1 Å². The van der Waals surface area contributed by atoms with Gasteiger partial charge in [0.2, 0.25) is 0 Å². The van der Waals surface area contributed by atoms with Crippen molar-refractivity contribution in [3.05, 3.63) is 33.7 Å². The molecule has 0 aromatic heterocycles. The average Bonchev–Trinajstić information content (AvgIpc) is 2.50. The number of rotatable bonds is 5. The van der Waals surface area contributed by atoms with E-state index in [1.54, 1.807) is 6.08 Å². The summed E-state index contributed by atoms with van der Waals surface area (Å²) in [6, 6.07) is 3.74. The van der Waals surface area contributed by atoms with Gasteiger partial charge in [0.1, 0.15) is 12.0 Å². The molecule has 1 heterocycles. The molecule has 0 spiro atoms. The number of amides is 1. The van der Waals surface area contributed by atoms with Crippen LogP contribution in [-0.4, -0.2) is 44.3 Å². The molecule has 1 aromatic carbocycles. The van der Waals surface area contributed by atoms with Crippen LogP contribution in [0.5, 0.6) is 5.75 Å². The highest BCUT2D eigenvalue weighted by molar-refractivity contribution is 8.04. The Morgan fingerprint density at radius 3 is 2.19 bits per heavy atom. The molecule has 0 radical (unpaired) electrons. The van der Waals surface area contributed by atoms with Crippen LogP contribution in [0.1, 0.15) is 56.2 Å². The highest BCUT2D eigenvalue weighted by atomic mass is 32.2. The van der Waals surface area contributed by atoms with E-state index in [0.717, 1.165) is 16.7 Å². The van der Waals surface area contributed by atoms with Gasteiger partial charge in [0.25, 0.3) is 5.91 Å². The highest BCUT2D eigenvalue weighted by Gasteiger charge is 2.29. The maximum Gasteiger partial charge on any atom is 0.344 e. The van der Waals surface area contributed by atoms with Crippen LogP contribution in [0.25, 0.3) is 6.08 Å². The van der Waals surface area contributed by atoms with E-state index < -0.39 is 13.9 Å². The van der Waals surface area contributed by atoms with E-state index in [2.05, 4.69) is 0 Å². The zero-order valence-electron chi connectivity index (χ0n) is 15.5. The molecule has 1 amide bonds. The molecule has 1 aliphatic heterocycles. The van der Waals surface area contributed by atoms with Crippen molar-refractivity contribution in [2.75, 3.05) is 18.6 Å². The van der Waals surface area contributed by atoms with Crippen molar-refractivity contribution < 1.29 is 24.3 Å². The molecule has 144 valence electrons. The number of carbonyl (C=O) groups excluding carboxylic acids is 1. The molecule has 1 fully saturated rings. The lowest BCUT2D eigenvalue weighted by Gasteiger charge is -2.28. The summed E-state index contributed by atoms with van der Waals surface area (Å²) in [5.74, 6) is 0.778. The summed E-state index contributed by atoms with van der Waals surface area (Å²) in [6.07, 6.45) is 1.18. The molecule has 0 atom stereocenters. The predicted octanol–water partition coefficient (Wildman–Crippen LogP) is 3.69. The Labute approximate surface area is 158 Å². The fraction of sp³-hybridized carbons (Fsp3) is 0.500. The van der Waals surface area contributed by atoms with Gasteiger partial charge in [-0.05, 0) is 46.7 Å². The lowest BCUT2D eigenvalue weighted by Crippen LogP contribution is -2.37. The largest absolute Gasteiger partial charge is 0.507 e. The first kappa shape index (κ1) is 21.0. The van der Waals surface area contributed by atoms with Crippen molar-refractivity contribution in [1.82, 2.24) is 4.90 Å². The van der Waals surface area contributed by atoms with Crippen molar-refractivity contribution in [3.8, 4) is 5.75 Å². The predicted molar refractivity (Wildman–Crippen MR) is 105 cm³/mol. The Morgan fingerprint density at radius 2 is 1.73 bits per heavy atom. The SMILES string of the molecule is CC(C)c1cc(C=C2SCCN(CP(=O)(O)O)C2=O)cc(C(C)C)c1O. The van der Waals surface area contributed by atoms with Gasteiger partial charge in [-0.3, -0.25) is 9.36 Å². The second-order valence-electron chi connectivity index (χ2n) is 7.09. The van der Waals surface area contributed by atoms with E-state index in [1.165, 1.54) is 16.7 Å². The third kappa shape index (κ3) is 5.13. The molecule has 1 aromatic rings. The first-order valence-electron chi connectivity index (χ1n) is 8.54. The third-order valence-corrected chi connectivity index (χ3v) is 5.90. The van der Waals surface area contributed by atoms with E-state index in [9.17, 15) is 14.5 Å². The Hall–Kier alpha value is -1.27. The monoisotopic (exact) mass is 399 g/mol. The summed E-state index contributed by atoms with van der Waals surface area (Å²) in [4.78, 5) is 32.5. The number of thioether (sulfide) groups is 1. The number of hydrogen-bond acceptors (Lipinski definition) is 4. The van der Waals surface area contributed by atoms with Crippen molar-refractivity contribution >= 4 is 31.3 Å². The summed E-state index contributed by atoms with van der Waals surface area (Å²) in [6.45, 7) is 8.31. The third-order valence-electron chi connectivity index (χ3n) is 4.20. The fourth-order valence-electron chi connectivity index (χ4n) is 2.86. The van der Waals surface area contributed by atoms with Gasteiger partial charge < -0.3 is 19.8 Å². The van der Waals surface area contributed by atoms with Crippen LogP contribution in [0.15, 0.2) is 17.0 Å². The number of phenols is 1. The van der Waals surface area contributed by atoms with E-state index >= 15 is 0 Å². The Balaban J connectivity index is 2.41. The van der Waals surface area contributed by atoms with Crippen LogP contribution in [0.3, 0.4) is 0 Å². The number of carbonyl (C=O) groups is 1. The van der Waals surface area contributed by atoms with E-state index in [0.29, 0.717) is 23.0 Å².